The quantitative estimate of drug-likeness (QED) is 0.413. The van der Waals surface area contributed by atoms with Crippen LogP contribution >= 0.6 is 11.8 Å². The molecule has 3 nitrogen and oxygen atoms in total. The van der Waals surface area contributed by atoms with Crippen LogP contribution in [0.4, 0.5) is 0 Å². The van der Waals surface area contributed by atoms with E-state index in [1.165, 1.54) is 57.8 Å². The average Bonchev–Trinajstić information content (AvgIpc) is 3.21. The third-order valence-corrected chi connectivity index (χ3v) is 8.15. The number of ether oxygens (including phenoxy) is 1. The highest BCUT2D eigenvalue weighted by molar-refractivity contribution is 8.01. The molecule has 3 aliphatic rings. The number of allylic oxidation sites excluding steroid dienone is 2. The Labute approximate surface area is 157 Å². The molecule has 0 amide bonds. The van der Waals surface area contributed by atoms with Gasteiger partial charge in [-0.3, -0.25) is 4.79 Å². The van der Waals surface area contributed by atoms with E-state index >= 15 is 0 Å². The zero-order valence-corrected chi connectivity index (χ0v) is 16.2. The number of hydrogen-bond acceptors (Lipinski definition) is 3. The Morgan fingerprint density at radius 3 is 2.56 bits per heavy atom. The second kappa shape index (κ2) is 10.0. The molecule has 2 heterocycles. The van der Waals surface area contributed by atoms with Gasteiger partial charge in [-0.25, -0.2) is 0 Å². The normalized spacial score (nSPS) is 32.6. The predicted molar refractivity (Wildman–Crippen MR) is 104 cm³/mol. The van der Waals surface area contributed by atoms with Gasteiger partial charge in [0.2, 0.25) is 0 Å². The van der Waals surface area contributed by atoms with Crippen LogP contribution in [0.1, 0.15) is 77.0 Å². The Hall–Kier alpha value is -0.480. The van der Waals surface area contributed by atoms with Gasteiger partial charge in [0.15, 0.2) is 0 Å². The van der Waals surface area contributed by atoms with Crippen molar-refractivity contribution in [1.82, 2.24) is 0 Å². The lowest BCUT2D eigenvalue weighted by molar-refractivity contribution is -0.137. The first-order valence-corrected chi connectivity index (χ1v) is 11.3. The molecule has 4 atom stereocenters. The van der Waals surface area contributed by atoms with E-state index in [1.54, 1.807) is 0 Å². The van der Waals surface area contributed by atoms with E-state index in [0.29, 0.717) is 6.10 Å². The molecular weight excluding hydrogens is 332 g/mol. The summed E-state index contributed by atoms with van der Waals surface area (Å²) in [6.45, 7) is 0.956. The molecule has 0 spiro atoms. The average molecular weight is 367 g/mol. The molecular formula is C21H34O3S. The summed E-state index contributed by atoms with van der Waals surface area (Å²) in [5.41, 5.74) is 0. The molecule has 3 fully saturated rings. The van der Waals surface area contributed by atoms with Crippen LogP contribution in [0.25, 0.3) is 0 Å². The Morgan fingerprint density at radius 2 is 1.80 bits per heavy atom. The van der Waals surface area contributed by atoms with Gasteiger partial charge in [-0.05, 0) is 63.2 Å². The zero-order valence-electron chi connectivity index (χ0n) is 15.4. The van der Waals surface area contributed by atoms with Gasteiger partial charge in [0.05, 0.1) is 6.10 Å². The summed E-state index contributed by atoms with van der Waals surface area (Å²) < 4.78 is 6.20. The lowest BCUT2D eigenvalue weighted by Crippen LogP contribution is -2.28. The van der Waals surface area contributed by atoms with Gasteiger partial charge in [0.25, 0.3) is 0 Å². The van der Waals surface area contributed by atoms with E-state index < -0.39 is 5.97 Å². The van der Waals surface area contributed by atoms with E-state index in [2.05, 4.69) is 23.9 Å². The zero-order chi connectivity index (χ0) is 17.5. The minimum absolute atomic E-state index is 0.287. The Morgan fingerprint density at radius 1 is 1.04 bits per heavy atom. The number of fused-ring (bicyclic) bond motifs is 2. The van der Waals surface area contributed by atoms with E-state index in [1.807, 2.05) is 0 Å². The molecule has 1 aliphatic carbocycles. The second-order valence-electron chi connectivity index (χ2n) is 8.03. The van der Waals surface area contributed by atoms with Crippen molar-refractivity contribution in [1.29, 1.82) is 0 Å². The van der Waals surface area contributed by atoms with Gasteiger partial charge in [0.1, 0.15) is 0 Å². The molecule has 25 heavy (non-hydrogen) atoms. The summed E-state index contributed by atoms with van der Waals surface area (Å²) in [7, 11) is 0. The van der Waals surface area contributed by atoms with Gasteiger partial charge in [-0.1, -0.05) is 31.4 Å². The van der Waals surface area contributed by atoms with Crippen molar-refractivity contribution >= 4 is 17.7 Å². The highest BCUT2D eigenvalue weighted by atomic mass is 32.2. The third kappa shape index (κ3) is 5.75. The fourth-order valence-corrected chi connectivity index (χ4v) is 6.99. The van der Waals surface area contributed by atoms with Crippen LogP contribution in [0.15, 0.2) is 12.2 Å². The maximum Gasteiger partial charge on any atom is 0.303 e. The lowest BCUT2D eigenvalue weighted by atomic mass is 9.76. The molecule has 0 unspecified atom stereocenters. The summed E-state index contributed by atoms with van der Waals surface area (Å²) in [4.78, 5) is 10.5. The van der Waals surface area contributed by atoms with Crippen LogP contribution in [0.5, 0.6) is 0 Å². The summed E-state index contributed by atoms with van der Waals surface area (Å²) in [5, 5.41) is 10.4. The number of unbranched alkanes of at least 4 members (excludes halogenated alkanes) is 1. The molecule has 0 aromatic heterocycles. The van der Waals surface area contributed by atoms with Gasteiger partial charge in [0, 0.05) is 23.5 Å². The number of hydrogen-bond donors (Lipinski definition) is 1. The Kier molecular flexibility index (Phi) is 7.72. The molecule has 142 valence electrons. The molecule has 0 radical (unpaired) electrons. The molecule has 3 rings (SSSR count). The first kappa shape index (κ1) is 19.3. The van der Waals surface area contributed by atoms with Gasteiger partial charge in [-0.2, -0.15) is 11.8 Å². The molecule has 2 aliphatic heterocycles. The largest absolute Gasteiger partial charge is 0.481 e. The summed E-state index contributed by atoms with van der Waals surface area (Å²) in [5.74, 6) is 0.960. The van der Waals surface area contributed by atoms with Crippen molar-refractivity contribution in [3.63, 3.8) is 0 Å². The predicted octanol–water partition coefficient (Wildman–Crippen LogP) is 5.44. The molecule has 1 N–H and O–H groups in total. The highest BCUT2D eigenvalue weighted by Crippen LogP contribution is 2.55. The van der Waals surface area contributed by atoms with Crippen LogP contribution in [0, 0.1) is 11.8 Å². The maximum absolute atomic E-state index is 10.5. The molecule has 2 saturated heterocycles. The molecule has 0 aromatic carbocycles. The van der Waals surface area contributed by atoms with Crippen LogP contribution < -0.4 is 0 Å². The lowest BCUT2D eigenvalue weighted by Gasteiger charge is -2.30. The fraction of sp³-hybridized carbons (Fsp3) is 0.857. The minimum Gasteiger partial charge on any atom is -0.481 e. The van der Waals surface area contributed by atoms with Gasteiger partial charge < -0.3 is 9.84 Å². The highest BCUT2D eigenvalue weighted by Gasteiger charge is 2.47. The second-order valence-corrected chi connectivity index (χ2v) is 9.51. The summed E-state index contributed by atoms with van der Waals surface area (Å²) >= 11 is 2.24. The van der Waals surface area contributed by atoms with Crippen LogP contribution in [0.2, 0.25) is 0 Å². The van der Waals surface area contributed by atoms with Crippen molar-refractivity contribution in [2.24, 2.45) is 11.8 Å². The number of carbonyl (C=O) groups is 1. The Bertz CT molecular complexity index is 444. The maximum atomic E-state index is 10.5. The first-order valence-electron chi connectivity index (χ1n) is 10.4. The number of carboxylic acids is 1. The Balaban J connectivity index is 1.38. The van der Waals surface area contributed by atoms with E-state index in [0.717, 1.165) is 41.8 Å². The van der Waals surface area contributed by atoms with Crippen molar-refractivity contribution in [3.8, 4) is 0 Å². The number of thioether (sulfide) groups is 1. The van der Waals surface area contributed by atoms with Crippen LogP contribution in [-0.2, 0) is 9.53 Å². The first-order chi connectivity index (χ1) is 12.2. The standard InChI is InChI=1S/C21H34O3S/c22-21(23)11-7-2-1-6-10-17-18(20-13-12-19(17)25-20)14-15-24-16-8-4-3-5-9-16/h1,6,16-20H,2-5,7-15H2,(H,22,23)/t17-,18+,19-,20+/m1/s1. The number of rotatable bonds is 10. The smallest absolute Gasteiger partial charge is 0.303 e. The van der Waals surface area contributed by atoms with E-state index in [9.17, 15) is 4.79 Å². The van der Waals surface area contributed by atoms with Crippen molar-refractivity contribution in [2.45, 2.75) is 93.7 Å². The molecule has 4 heteroatoms. The van der Waals surface area contributed by atoms with E-state index in [-0.39, 0.29) is 6.42 Å². The van der Waals surface area contributed by atoms with Gasteiger partial charge in [-0.15, -0.1) is 0 Å². The third-order valence-electron chi connectivity index (χ3n) is 6.28. The fourth-order valence-electron chi connectivity index (χ4n) is 4.94. The topological polar surface area (TPSA) is 46.5 Å². The SMILES string of the molecule is O=C(O)CCCC=CC[C@@H]1[C@H](CCOC2CCCCC2)[C@@H]2CC[C@H]1S2. The number of aliphatic carboxylic acids is 1. The molecule has 2 bridgehead atoms. The summed E-state index contributed by atoms with van der Waals surface area (Å²) in [6, 6.07) is 0. The minimum atomic E-state index is -0.684. The molecule has 0 aromatic rings. The van der Waals surface area contributed by atoms with Crippen LogP contribution in [0.3, 0.4) is 0 Å². The van der Waals surface area contributed by atoms with Crippen LogP contribution in [-0.4, -0.2) is 34.3 Å². The number of carboxylic acid groups (broad SMARTS) is 1. The molecule has 1 saturated carbocycles. The monoisotopic (exact) mass is 366 g/mol. The van der Waals surface area contributed by atoms with E-state index in [4.69, 9.17) is 9.84 Å². The van der Waals surface area contributed by atoms with Crippen molar-refractivity contribution in [2.75, 3.05) is 6.61 Å². The van der Waals surface area contributed by atoms with Crippen molar-refractivity contribution < 1.29 is 14.6 Å². The summed E-state index contributed by atoms with van der Waals surface area (Å²) in [6.07, 6.45) is 18.9. The van der Waals surface area contributed by atoms with Gasteiger partial charge >= 0.3 is 5.97 Å². The van der Waals surface area contributed by atoms with Crippen molar-refractivity contribution in [3.05, 3.63) is 12.2 Å².